The standard InChI is InChI=1S/C25H17.C13H21.2C6H4Cl.CH2.2ClH.Zr/c1-3-7-18(8-4-1)20-11-13-24-22(15-20)17-23-16-21(12-14-25(23)24)19-9-5-2-6-10-19;1-5-6-7-11-8-9-12(10-11)13(2,3)4;2*7-6-4-2-1-3-5-6;;;;/h1-15H,17H2;9-11H,5-7H2,1-4H3;2*1-2,4-5H;1H2;2*1H;/q4*-1;;;;. The SMILES string of the molecule is CCCCC1[C-]=CC(C(C)(C)C)=C1.Cl.Cl.Clc1c[c-]ccc1.Clc1c[c-]ccc1.[CH2]=[Zr].[c-]1c(-c2ccccc2)ccc2c1Cc1cc(-c3ccccc3)ccc1-2. The second-order valence-electron chi connectivity index (χ2n) is 13.9. The summed E-state index contributed by atoms with van der Waals surface area (Å²) in [5.74, 6) is 0.592. The number of allylic oxidation sites excluding steroid dienone is 4. The Morgan fingerprint density at radius 1 is 0.696 bits per heavy atom. The molecule has 0 heterocycles. The molecule has 0 amide bonds. The predicted molar refractivity (Wildman–Crippen MR) is 245 cm³/mol. The molecule has 5 heteroatoms. The van der Waals surface area contributed by atoms with Crippen molar-refractivity contribution in [3.05, 3.63) is 203 Å². The van der Waals surface area contributed by atoms with E-state index in [0.717, 1.165) is 16.5 Å². The van der Waals surface area contributed by atoms with Crippen LogP contribution < -0.4 is 0 Å². The van der Waals surface area contributed by atoms with Crippen LogP contribution in [-0.4, -0.2) is 4.21 Å². The third kappa shape index (κ3) is 15.6. The molecule has 0 bridgehead atoms. The van der Waals surface area contributed by atoms with Gasteiger partial charge in [0.15, 0.2) is 0 Å². The molecule has 2 aliphatic carbocycles. The molecule has 8 rings (SSSR count). The molecule has 290 valence electrons. The molecule has 0 saturated carbocycles. The second-order valence-corrected chi connectivity index (χ2v) is 14.8. The first kappa shape index (κ1) is 48.9. The Bertz CT molecular complexity index is 1930. The molecular weight excluding hydrogens is 846 g/mol. The quantitative estimate of drug-likeness (QED) is 0.151. The van der Waals surface area contributed by atoms with Crippen molar-refractivity contribution in [3.8, 4) is 33.4 Å². The molecule has 1 atom stereocenters. The number of unbranched alkanes of at least 4 members (excludes halogenated alkanes) is 1. The summed E-state index contributed by atoms with van der Waals surface area (Å²) in [6, 6.07) is 56.1. The molecule has 0 aliphatic heterocycles. The Morgan fingerprint density at radius 3 is 1.75 bits per heavy atom. The zero-order valence-electron chi connectivity index (χ0n) is 32.6. The minimum absolute atomic E-state index is 0. The van der Waals surface area contributed by atoms with E-state index in [1.54, 1.807) is 12.1 Å². The number of halogens is 4. The van der Waals surface area contributed by atoms with Gasteiger partial charge in [-0.15, -0.1) is 54.1 Å². The largest absolute Gasteiger partial charge is 0.143 e. The van der Waals surface area contributed by atoms with Crippen molar-refractivity contribution in [2.75, 3.05) is 0 Å². The van der Waals surface area contributed by atoms with E-state index in [9.17, 15) is 0 Å². The van der Waals surface area contributed by atoms with Gasteiger partial charge in [0.05, 0.1) is 0 Å². The topological polar surface area (TPSA) is 0 Å². The first-order chi connectivity index (χ1) is 26.2. The van der Waals surface area contributed by atoms with Crippen molar-refractivity contribution in [2.24, 2.45) is 11.3 Å². The minimum atomic E-state index is 0. The Hall–Kier alpha value is -3.29. The van der Waals surface area contributed by atoms with Gasteiger partial charge in [0.2, 0.25) is 0 Å². The monoisotopic (exact) mass is 892 g/mol. The Kier molecular flexibility index (Phi) is 22.6. The van der Waals surface area contributed by atoms with Crippen LogP contribution in [0.25, 0.3) is 33.4 Å². The molecular formula is C51H50Cl4Zr-4. The van der Waals surface area contributed by atoms with Crippen LogP contribution in [0.5, 0.6) is 0 Å². The third-order valence-electron chi connectivity index (χ3n) is 8.89. The maximum absolute atomic E-state index is 5.51. The number of fused-ring (bicyclic) bond motifs is 3. The van der Waals surface area contributed by atoms with Crippen LogP contribution in [-0.2, 0) is 30.7 Å². The van der Waals surface area contributed by atoms with E-state index in [-0.39, 0.29) is 24.8 Å². The van der Waals surface area contributed by atoms with Crippen molar-refractivity contribution in [1.82, 2.24) is 0 Å². The first-order valence-electron chi connectivity index (χ1n) is 18.4. The minimum Gasteiger partial charge on any atom is -0.143 e. The number of hydrogen-bond acceptors (Lipinski definition) is 0. The molecule has 0 fully saturated rings. The van der Waals surface area contributed by atoms with E-state index in [2.05, 4.69) is 159 Å². The van der Waals surface area contributed by atoms with Gasteiger partial charge >= 0.3 is 28.4 Å². The van der Waals surface area contributed by atoms with Crippen molar-refractivity contribution >= 4 is 52.2 Å². The van der Waals surface area contributed by atoms with Crippen LogP contribution in [0.3, 0.4) is 0 Å². The Morgan fingerprint density at radius 2 is 1.27 bits per heavy atom. The van der Waals surface area contributed by atoms with Gasteiger partial charge in [-0.1, -0.05) is 164 Å². The van der Waals surface area contributed by atoms with Crippen molar-refractivity contribution < 1.29 is 24.2 Å². The molecule has 0 saturated heterocycles. The van der Waals surface area contributed by atoms with E-state index >= 15 is 0 Å². The van der Waals surface area contributed by atoms with Gasteiger partial charge in [-0.2, -0.15) is 95.5 Å². The fraction of sp³-hybridized carbons (Fsp3) is 0.196. The summed E-state index contributed by atoms with van der Waals surface area (Å²) in [6.45, 7) is 9.03. The number of hydrogen-bond donors (Lipinski definition) is 0. The molecule has 0 spiro atoms. The summed E-state index contributed by atoms with van der Waals surface area (Å²) >= 11 is 12.3. The fourth-order valence-corrected chi connectivity index (χ4v) is 6.30. The van der Waals surface area contributed by atoms with Crippen molar-refractivity contribution in [1.29, 1.82) is 0 Å². The number of benzene rings is 6. The van der Waals surface area contributed by atoms with Gasteiger partial charge in [-0.25, -0.2) is 6.08 Å². The van der Waals surface area contributed by atoms with Crippen LogP contribution in [0.4, 0.5) is 0 Å². The van der Waals surface area contributed by atoms with Gasteiger partial charge < -0.3 is 0 Å². The molecule has 56 heavy (non-hydrogen) atoms. The molecule has 0 radical (unpaired) electrons. The summed E-state index contributed by atoms with van der Waals surface area (Å²) in [6.07, 6.45) is 12.8. The zero-order valence-corrected chi connectivity index (χ0v) is 38.2. The number of rotatable bonds is 5. The molecule has 6 aromatic carbocycles. The van der Waals surface area contributed by atoms with Crippen LogP contribution in [0.2, 0.25) is 10.0 Å². The molecule has 0 nitrogen and oxygen atoms in total. The summed E-state index contributed by atoms with van der Waals surface area (Å²) < 4.78 is 3.34. The van der Waals surface area contributed by atoms with Gasteiger partial charge in [-0.3, -0.25) is 6.08 Å². The van der Waals surface area contributed by atoms with Crippen LogP contribution >= 0.6 is 48.0 Å². The molecule has 0 N–H and O–H groups in total. The molecule has 2 aliphatic rings. The average Bonchev–Trinajstić information content (AvgIpc) is 3.85. The summed E-state index contributed by atoms with van der Waals surface area (Å²) in [4.78, 5) is 0. The maximum Gasteiger partial charge on any atom is -0.0181 e. The van der Waals surface area contributed by atoms with Crippen molar-refractivity contribution in [2.45, 2.75) is 53.4 Å². The average molecular weight is 896 g/mol. The smallest absolute Gasteiger partial charge is 0.0181 e. The molecule has 6 aromatic rings. The van der Waals surface area contributed by atoms with Crippen LogP contribution in [0, 0.1) is 35.6 Å². The molecule has 1 unspecified atom stereocenters. The first-order valence-corrected chi connectivity index (χ1v) is 20.9. The van der Waals surface area contributed by atoms with Gasteiger partial charge in [-0.05, 0) is 23.1 Å². The second kappa shape index (κ2) is 25.9. The predicted octanol–water partition coefficient (Wildman–Crippen LogP) is 15.6. The van der Waals surface area contributed by atoms with Crippen LogP contribution in [0.1, 0.15) is 58.1 Å². The molecule has 0 aromatic heterocycles. The normalized spacial score (nSPS) is 12.7. The summed E-state index contributed by atoms with van der Waals surface area (Å²) in [7, 11) is 0. The summed E-state index contributed by atoms with van der Waals surface area (Å²) in [5, 5.41) is 1.48. The Balaban J connectivity index is 0.000000293. The van der Waals surface area contributed by atoms with E-state index in [0.29, 0.717) is 11.3 Å². The van der Waals surface area contributed by atoms with E-state index in [4.69, 9.17) is 23.2 Å². The van der Waals surface area contributed by atoms with Gasteiger partial charge in [0, 0.05) is 0 Å². The maximum atomic E-state index is 5.51. The van der Waals surface area contributed by atoms with E-state index in [1.165, 1.54) is 93.6 Å². The summed E-state index contributed by atoms with van der Waals surface area (Å²) in [5.41, 5.74) is 12.1. The van der Waals surface area contributed by atoms with Crippen molar-refractivity contribution in [3.63, 3.8) is 0 Å². The van der Waals surface area contributed by atoms with E-state index in [1.807, 2.05) is 36.4 Å². The van der Waals surface area contributed by atoms with Gasteiger partial charge in [0.1, 0.15) is 0 Å². The fourth-order valence-electron chi connectivity index (χ4n) is 6.03. The third-order valence-corrected chi connectivity index (χ3v) is 9.36. The zero-order chi connectivity index (χ0) is 38.8. The van der Waals surface area contributed by atoms with Crippen LogP contribution in [0.15, 0.2) is 157 Å². The van der Waals surface area contributed by atoms with Gasteiger partial charge in [0.25, 0.3) is 0 Å². The van der Waals surface area contributed by atoms with E-state index < -0.39 is 0 Å². The Labute approximate surface area is 374 Å².